The number of thiazole rings is 1. The number of aromatic carboxylic acids is 1. The number of likely N-dealkylation sites (tertiary alicyclic amines) is 1. The molecular weight excluding hydrogens is 518 g/mol. The van der Waals surface area contributed by atoms with Crippen molar-refractivity contribution < 1.29 is 24.2 Å². The minimum atomic E-state index is -1.22. The third kappa shape index (κ3) is 5.43. The molecule has 2 aromatic heterocycles. The number of fused-ring (bicyclic) bond motifs is 3. The molecule has 0 aliphatic carbocycles. The minimum Gasteiger partial charge on any atom is -0.492 e. The lowest BCUT2D eigenvalue weighted by atomic mass is 9.86. The average Bonchev–Trinajstić information content (AvgIpc) is 3.35. The van der Waals surface area contributed by atoms with Crippen LogP contribution in [-0.2, 0) is 11.2 Å². The smallest absolute Gasteiger partial charge is 0.410 e. The van der Waals surface area contributed by atoms with Gasteiger partial charge in [0, 0.05) is 54.5 Å². The Kier molecular flexibility index (Phi) is 7.00. The zero-order valence-electron chi connectivity index (χ0n) is 22.8. The molecule has 1 amide bonds. The van der Waals surface area contributed by atoms with Crippen LogP contribution in [0.3, 0.4) is 0 Å². The van der Waals surface area contributed by atoms with Crippen LogP contribution in [0.2, 0.25) is 0 Å². The van der Waals surface area contributed by atoms with Gasteiger partial charge >= 0.3 is 12.1 Å². The number of amides is 1. The van der Waals surface area contributed by atoms with Crippen LogP contribution >= 0.6 is 11.3 Å². The molecule has 0 saturated carbocycles. The number of carbonyl (C=O) groups excluding carboxylic acids is 1. The number of aromatic nitrogens is 2. The number of hydrogen-bond acceptors (Lipinski definition) is 7. The van der Waals surface area contributed by atoms with Gasteiger partial charge in [0.1, 0.15) is 21.9 Å². The van der Waals surface area contributed by atoms with Crippen molar-refractivity contribution in [3.63, 3.8) is 0 Å². The number of ether oxygens (including phenoxy) is 2. The van der Waals surface area contributed by atoms with Crippen LogP contribution in [0.1, 0.15) is 56.6 Å². The summed E-state index contributed by atoms with van der Waals surface area (Å²) < 4.78 is 13.7. The standard InChI is InChI=1S/C29H33N3O6S/c1-16(2)22-8-18-9-25(37-15-17-12-31(13-17)28(36)38-29(3,4)5)20(26-30-6-7-39-26)10-19(18)23-11-24(33)21(27(34)35)14-32(22)23/h6-7,9-11,14,16-17,22H,8,12-13,15H2,1-5H3,(H,34,35). The van der Waals surface area contributed by atoms with Gasteiger partial charge in [-0.05, 0) is 50.8 Å². The highest BCUT2D eigenvalue weighted by atomic mass is 32.1. The highest BCUT2D eigenvalue weighted by Gasteiger charge is 2.35. The lowest BCUT2D eigenvalue weighted by Crippen LogP contribution is -2.53. The Morgan fingerprint density at radius 2 is 1.92 bits per heavy atom. The molecule has 206 valence electrons. The van der Waals surface area contributed by atoms with Crippen molar-refractivity contribution in [2.24, 2.45) is 11.8 Å². The van der Waals surface area contributed by atoms with E-state index in [0.29, 0.717) is 37.6 Å². The van der Waals surface area contributed by atoms with Crippen LogP contribution in [0.25, 0.3) is 21.8 Å². The Balaban J connectivity index is 1.46. The Labute approximate surface area is 231 Å². The summed E-state index contributed by atoms with van der Waals surface area (Å²) in [5.74, 6) is -0.121. The van der Waals surface area contributed by atoms with Gasteiger partial charge in [-0.15, -0.1) is 11.3 Å². The van der Waals surface area contributed by atoms with Gasteiger partial charge in [-0.2, -0.15) is 0 Å². The fourth-order valence-corrected chi connectivity index (χ4v) is 5.77. The lowest BCUT2D eigenvalue weighted by Gasteiger charge is -2.39. The van der Waals surface area contributed by atoms with Crippen LogP contribution in [0.5, 0.6) is 5.75 Å². The molecule has 2 aliphatic rings. The monoisotopic (exact) mass is 551 g/mol. The van der Waals surface area contributed by atoms with Crippen molar-refractivity contribution in [2.45, 2.75) is 52.7 Å². The molecule has 5 rings (SSSR count). The Morgan fingerprint density at radius 1 is 1.18 bits per heavy atom. The number of rotatable bonds is 6. The second kappa shape index (κ2) is 10.1. The summed E-state index contributed by atoms with van der Waals surface area (Å²) in [5.41, 5.74) is 2.15. The van der Waals surface area contributed by atoms with E-state index in [9.17, 15) is 19.5 Å². The molecule has 1 unspecified atom stereocenters. The van der Waals surface area contributed by atoms with Gasteiger partial charge in [-0.25, -0.2) is 14.6 Å². The summed E-state index contributed by atoms with van der Waals surface area (Å²) >= 11 is 1.49. The number of carboxylic acid groups (broad SMARTS) is 1. The SMILES string of the molecule is CC(C)C1Cc2cc(OCC3CN(C(=O)OC(C)(C)C)C3)c(-c3nccs3)cc2-c2cc(=O)c(C(=O)O)cn21. The molecule has 1 saturated heterocycles. The molecule has 1 atom stereocenters. The number of carbonyl (C=O) groups is 2. The van der Waals surface area contributed by atoms with Crippen LogP contribution < -0.4 is 10.2 Å². The number of hydrogen-bond donors (Lipinski definition) is 1. The molecule has 1 fully saturated rings. The molecule has 1 N–H and O–H groups in total. The van der Waals surface area contributed by atoms with Crippen LogP contribution in [-0.4, -0.2) is 56.9 Å². The van der Waals surface area contributed by atoms with Crippen LogP contribution in [0, 0.1) is 11.8 Å². The zero-order chi connectivity index (χ0) is 28.1. The van der Waals surface area contributed by atoms with E-state index < -0.39 is 17.0 Å². The van der Waals surface area contributed by atoms with E-state index in [2.05, 4.69) is 18.8 Å². The van der Waals surface area contributed by atoms with Gasteiger partial charge in [0.2, 0.25) is 0 Å². The minimum absolute atomic E-state index is 0.0150. The molecule has 10 heteroatoms. The molecule has 2 aliphatic heterocycles. The van der Waals surface area contributed by atoms with Crippen molar-refractivity contribution in [1.29, 1.82) is 0 Å². The first-order valence-corrected chi connectivity index (χ1v) is 14.0. The molecule has 4 heterocycles. The molecule has 39 heavy (non-hydrogen) atoms. The summed E-state index contributed by atoms with van der Waals surface area (Å²) in [6, 6.07) is 5.45. The van der Waals surface area contributed by atoms with Gasteiger partial charge < -0.3 is 24.0 Å². The average molecular weight is 552 g/mol. The van der Waals surface area contributed by atoms with Crippen LogP contribution in [0.4, 0.5) is 4.79 Å². The van der Waals surface area contributed by atoms with Gasteiger partial charge in [0.05, 0.1) is 17.9 Å². The zero-order valence-corrected chi connectivity index (χ0v) is 23.6. The van der Waals surface area contributed by atoms with Crippen LogP contribution in [0.15, 0.2) is 40.8 Å². The molecule has 0 bridgehead atoms. The quantitative estimate of drug-likeness (QED) is 0.440. The fraction of sp³-hybridized carbons (Fsp3) is 0.448. The second-order valence-electron chi connectivity index (χ2n) is 11.6. The van der Waals surface area contributed by atoms with Gasteiger partial charge in [-0.3, -0.25) is 4.79 Å². The molecule has 9 nitrogen and oxygen atoms in total. The highest BCUT2D eigenvalue weighted by molar-refractivity contribution is 7.13. The Bertz CT molecular complexity index is 1470. The first kappa shape index (κ1) is 26.9. The Morgan fingerprint density at radius 3 is 2.54 bits per heavy atom. The predicted octanol–water partition coefficient (Wildman–Crippen LogP) is 5.34. The molecule has 0 radical (unpaired) electrons. The highest BCUT2D eigenvalue weighted by Crippen LogP contribution is 2.43. The summed E-state index contributed by atoms with van der Waals surface area (Å²) in [5, 5.41) is 12.2. The third-order valence-electron chi connectivity index (χ3n) is 7.09. The summed E-state index contributed by atoms with van der Waals surface area (Å²) in [6.45, 7) is 11.3. The van der Waals surface area contributed by atoms with Crippen molar-refractivity contribution in [1.82, 2.24) is 14.5 Å². The van der Waals surface area contributed by atoms with E-state index in [0.717, 1.165) is 21.7 Å². The van der Waals surface area contributed by atoms with Crippen molar-refractivity contribution >= 4 is 23.4 Å². The molecule has 1 aromatic carbocycles. The fourth-order valence-electron chi connectivity index (χ4n) is 5.11. The van der Waals surface area contributed by atoms with Crippen molar-refractivity contribution in [2.75, 3.05) is 19.7 Å². The molecule has 0 spiro atoms. The summed E-state index contributed by atoms with van der Waals surface area (Å²) in [4.78, 5) is 42.9. The largest absolute Gasteiger partial charge is 0.492 e. The molecule has 3 aromatic rings. The van der Waals surface area contributed by atoms with Gasteiger partial charge in [-0.1, -0.05) is 13.8 Å². The van der Waals surface area contributed by atoms with E-state index in [1.807, 2.05) is 42.9 Å². The maximum atomic E-state index is 12.7. The third-order valence-corrected chi connectivity index (χ3v) is 7.90. The number of pyridine rings is 1. The van der Waals surface area contributed by atoms with Gasteiger partial charge in [0.15, 0.2) is 5.43 Å². The van der Waals surface area contributed by atoms with E-state index in [1.165, 1.54) is 23.6 Å². The topological polar surface area (TPSA) is 111 Å². The number of carboxylic acids is 1. The van der Waals surface area contributed by atoms with E-state index in [1.54, 1.807) is 11.1 Å². The first-order valence-electron chi connectivity index (χ1n) is 13.1. The summed E-state index contributed by atoms with van der Waals surface area (Å²) in [6.07, 6.45) is 3.58. The summed E-state index contributed by atoms with van der Waals surface area (Å²) in [7, 11) is 0. The van der Waals surface area contributed by atoms with Gasteiger partial charge in [0.25, 0.3) is 0 Å². The van der Waals surface area contributed by atoms with E-state index in [4.69, 9.17) is 9.47 Å². The lowest BCUT2D eigenvalue weighted by molar-refractivity contribution is -0.00779. The Hall–Kier alpha value is -3.66. The maximum absolute atomic E-state index is 12.7. The second-order valence-corrected chi connectivity index (χ2v) is 12.5. The van der Waals surface area contributed by atoms with Crippen molar-refractivity contribution in [3.05, 3.63) is 57.3 Å². The number of benzene rings is 1. The predicted molar refractivity (Wildman–Crippen MR) is 149 cm³/mol. The van der Waals surface area contributed by atoms with Crippen molar-refractivity contribution in [3.8, 4) is 27.6 Å². The number of nitrogens with zero attached hydrogens (tertiary/aromatic N) is 3. The normalized spacial score (nSPS) is 16.9. The maximum Gasteiger partial charge on any atom is 0.410 e. The van der Waals surface area contributed by atoms with E-state index >= 15 is 0 Å². The van der Waals surface area contributed by atoms with E-state index in [-0.39, 0.29) is 29.5 Å². The molecular formula is C29H33N3O6S. The first-order chi connectivity index (χ1) is 18.4.